The molecule has 5 nitrogen and oxygen atoms in total. The summed E-state index contributed by atoms with van der Waals surface area (Å²) in [5, 5.41) is 3.93. The van der Waals surface area contributed by atoms with E-state index in [0.717, 1.165) is 17.3 Å². The molecule has 0 bridgehead atoms. The number of benzene rings is 1. The summed E-state index contributed by atoms with van der Waals surface area (Å²) in [6, 6.07) is 7.86. The molecule has 2 aromatic rings. The van der Waals surface area contributed by atoms with Crippen molar-refractivity contribution in [1.29, 1.82) is 0 Å². The number of nitrogens with zero attached hydrogens (tertiary/aromatic N) is 2. The molecule has 3 rings (SSSR count). The quantitative estimate of drug-likeness (QED) is 0.942. The van der Waals surface area contributed by atoms with Crippen molar-refractivity contribution in [3.05, 3.63) is 30.6 Å². The molecule has 0 unspecified atom stereocenters. The third kappa shape index (κ3) is 3.60. The zero-order valence-corrected chi connectivity index (χ0v) is 13.7. The van der Waals surface area contributed by atoms with Gasteiger partial charge in [-0.2, -0.15) is 0 Å². The second-order valence-corrected chi connectivity index (χ2v) is 6.43. The molecule has 0 aliphatic heterocycles. The van der Waals surface area contributed by atoms with Crippen LogP contribution in [0, 0.1) is 11.8 Å². The minimum absolute atomic E-state index is 0.0153. The first-order valence-corrected chi connectivity index (χ1v) is 8.27. The molecule has 1 N–H and O–H groups in total. The molecule has 1 aromatic heterocycles. The standard InChI is InChI=1S/C18H23N3O2/c1-12-6-5-9-15(13(12)2)21-17(22)10-23-18-14-7-3-4-8-16(14)19-11-20-18/h3-4,7-8,11-13,15H,5-6,9-10H2,1-2H3,(H,21,22)/t12-,13+,15-/m1/s1. The van der Waals surface area contributed by atoms with Crippen LogP contribution < -0.4 is 10.1 Å². The highest BCUT2D eigenvalue weighted by Gasteiger charge is 2.28. The van der Waals surface area contributed by atoms with E-state index >= 15 is 0 Å². The molecule has 1 fully saturated rings. The van der Waals surface area contributed by atoms with Crippen LogP contribution >= 0.6 is 0 Å². The number of hydrogen-bond donors (Lipinski definition) is 1. The lowest BCUT2D eigenvalue weighted by Gasteiger charge is -2.34. The molecule has 1 aliphatic rings. The van der Waals surface area contributed by atoms with Crippen LogP contribution in [0.1, 0.15) is 33.1 Å². The SMILES string of the molecule is C[C@H]1[C@H](C)CCC[C@H]1NC(=O)COc1ncnc2ccccc12. The largest absolute Gasteiger partial charge is 0.467 e. The Bertz CT molecular complexity index is 684. The average Bonchev–Trinajstić information content (AvgIpc) is 2.57. The van der Waals surface area contributed by atoms with Crippen LogP contribution in [0.3, 0.4) is 0 Å². The van der Waals surface area contributed by atoms with Crippen LogP contribution in [-0.4, -0.2) is 28.5 Å². The molecule has 1 saturated carbocycles. The maximum Gasteiger partial charge on any atom is 0.258 e. The number of para-hydroxylation sites is 1. The van der Waals surface area contributed by atoms with Gasteiger partial charge in [-0.3, -0.25) is 4.79 Å². The second kappa shape index (κ2) is 6.94. The molecule has 1 aliphatic carbocycles. The summed E-state index contributed by atoms with van der Waals surface area (Å²) < 4.78 is 5.62. The van der Waals surface area contributed by atoms with Gasteiger partial charge in [-0.05, 0) is 30.4 Å². The van der Waals surface area contributed by atoms with Crippen molar-refractivity contribution in [2.45, 2.75) is 39.2 Å². The van der Waals surface area contributed by atoms with E-state index in [9.17, 15) is 4.79 Å². The smallest absolute Gasteiger partial charge is 0.258 e. The fourth-order valence-electron chi connectivity index (χ4n) is 3.26. The van der Waals surface area contributed by atoms with Gasteiger partial charge in [-0.15, -0.1) is 0 Å². The Balaban J connectivity index is 1.60. The number of rotatable bonds is 4. The summed E-state index contributed by atoms with van der Waals surface area (Å²) in [7, 11) is 0. The van der Waals surface area contributed by atoms with Crippen molar-refractivity contribution >= 4 is 16.8 Å². The van der Waals surface area contributed by atoms with Gasteiger partial charge in [0.2, 0.25) is 5.88 Å². The average molecular weight is 313 g/mol. The first-order chi connectivity index (χ1) is 11.1. The molecule has 0 radical (unpaired) electrons. The molecular formula is C18H23N3O2. The highest BCUT2D eigenvalue weighted by molar-refractivity contribution is 5.84. The van der Waals surface area contributed by atoms with Gasteiger partial charge in [0.25, 0.3) is 5.91 Å². The van der Waals surface area contributed by atoms with Crippen molar-refractivity contribution in [3.8, 4) is 5.88 Å². The Kier molecular flexibility index (Phi) is 4.74. The minimum atomic E-state index is -0.0846. The number of nitrogens with one attached hydrogen (secondary N) is 1. The molecule has 1 aromatic carbocycles. The van der Waals surface area contributed by atoms with Gasteiger partial charge in [0.15, 0.2) is 6.61 Å². The third-order valence-corrected chi connectivity index (χ3v) is 4.90. The van der Waals surface area contributed by atoms with E-state index in [1.165, 1.54) is 19.2 Å². The Morgan fingerprint density at radius 2 is 2.09 bits per heavy atom. The lowest BCUT2D eigenvalue weighted by molar-refractivity contribution is -0.124. The first kappa shape index (κ1) is 15.7. The van der Waals surface area contributed by atoms with Crippen molar-refractivity contribution in [1.82, 2.24) is 15.3 Å². The van der Waals surface area contributed by atoms with Gasteiger partial charge >= 0.3 is 0 Å². The highest BCUT2D eigenvalue weighted by Crippen LogP contribution is 2.29. The van der Waals surface area contributed by atoms with E-state index in [4.69, 9.17) is 4.74 Å². The van der Waals surface area contributed by atoms with E-state index in [1.807, 2.05) is 24.3 Å². The molecular weight excluding hydrogens is 290 g/mol. The Morgan fingerprint density at radius 3 is 2.96 bits per heavy atom. The summed E-state index contributed by atoms with van der Waals surface area (Å²) in [6.07, 6.45) is 4.93. The number of ether oxygens (including phenoxy) is 1. The van der Waals surface area contributed by atoms with Crippen molar-refractivity contribution in [3.63, 3.8) is 0 Å². The van der Waals surface area contributed by atoms with Crippen LogP contribution in [0.2, 0.25) is 0 Å². The Morgan fingerprint density at radius 1 is 1.26 bits per heavy atom. The normalized spacial score (nSPS) is 24.3. The van der Waals surface area contributed by atoms with E-state index in [2.05, 4.69) is 29.1 Å². The van der Waals surface area contributed by atoms with E-state index in [0.29, 0.717) is 17.7 Å². The lowest BCUT2D eigenvalue weighted by Crippen LogP contribution is -2.45. The molecule has 23 heavy (non-hydrogen) atoms. The van der Waals surface area contributed by atoms with Gasteiger partial charge < -0.3 is 10.1 Å². The fourth-order valence-corrected chi connectivity index (χ4v) is 3.26. The number of amides is 1. The van der Waals surface area contributed by atoms with E-state index in [-0.39, 0.29) is 18.6 Å². The molecule has 3 atom stereocenters. The maximum absolute atomic E-state index is 12.2. The zero-order valence-electron chi connectivity index (χ0n) is 13.7. The Hall–Kier alpha value is -2.17. The van der Waals surface area contributed by atoms with Crippen molar-refractivity contribution in [2.24, 2.45) is 11.8 Å². The molecule has 0 saturated heterocycles. The number of fused-ring (bicyclic) bond motifs is 1. The topological polar surface area (TPSA) is 64.1 Å². The van der Waals surface area contributed by atoms with Crippen LogP contribution in [-0.2, 0) is 4.79 Å². The van der Waals surface area contributed by atoms with Crippen molar-refractivity contribution in [2.75, 3.05) is 6.61 Å². The number of carbonyl (C=O) groups excluding carboxylic acids is 1. The molecule has 122 valence electrons. The summed E-state index contributed by atoms with van der Waals surface area (Å²) in [4.78, 5) is 20.5. The highest BCUT2D eigenvalue weighted by atomic mass is 16.5. The molecule has 5 heteroatoms. The summed E-state index contributed by atoms with van der Waals surface area (Å²) in [6.45, 7) is 4.46. The predicted molar refractivity (Wildman–Crippen MR) is 89.1 cm³/mol. The maximum atomic E-state index is 12.2. The third-order valence-electron chi connectivity index (χ3n) is 4.90. The van der Waals surface area contributed by atoms with Gasteiger partial charge in [-0.25, -0.2) is 9.97 Å². The number of hydrogen-bond acceptors (Lipinski definition) is 4. The minimum Gasteiger partial charge on any atom is -0.467 e. The first-order valence-electron chi connectivity index (χ1n) is 8.27. The summed E-state index contributed by atoms with van der Waals surface area (Å²) in [5.41, 5.74) is 0.813. The van der Waals surface area contributed by atoms with E-state index in [1.54, 1.807) is 0 Å². The van der Waals surface area contributed by atoms with Crippen LogP contribution in [0.5, 0.6) is 5.88 Å². The molecule has 1 heterocycles. The summed E-state index contributed by atoms with van der Waals surface area (Å²) >= 11 is 0. The number of carbonyl (C=O) groups is 1. The Labute approximate surface area is 136 Å². The second-order valence-electron chi connectivity index (χ2n) is 6.43. The van der Waals surface area contributed by atoms with Gasteiger partial charge in [0, 0.05) is 6.04 Å². The van der Waals surface area contributed by atoms with Crippen molar-refractivity contribution < 1.29 is 9.53 Å². The lowest BCUT2D eigenvalue weighted by atomic mass is 9.78. The van der Waals surface area contributed by atoms with Gasteiger partial charge in [-0.1, -0.05) is 38.8 Å². The number of aromatic nitrogens is 2. The fraction of sp³-hybridized carbons (Fsp3) is 0.500. The molecule has 1 amide bonds. The summed E-state index contributed by atoms with van der Waals surface area (Å²) in [5.74, 6) is 1.53. The van der Waals surface area contributed by atoms with Crippen LogP contribution in [0.4, 0.5) is 0 Å². The molecule has 0 spiro atoms. The monoisotopic (exact) mass is 313 g/mol. The van der Waals surface area contributed by atoms with Crippen LogP contribution in [0.25, 0.3) is 10.9 Å². The van der Waals surface area contributed by atoms with Crippen LogP contribution in [0.15, 0.2) is 30.6 Å². The van der Waals surface area contributed by atoms with E-state index < -0.39 is 0 Å². The zero-order chi connectivity index (χ0) is 16.2. The van der Waals surface area contributed by atoms with Gasteiger partial charge in [0.1, 0.15) is 6.33 Å². The van der Waals surface area contributed by atoms with Gasteiger partial charge in [0.05, 0.1) is 10.9 Å². The predicted octanol–water partition coefficient (Wildman–Crippen LogP) is 2.95.